The van der Waals surface area contributed by atoms with Crippen molar-refractivity contribution in [2.45, 2.75) is 18.2 Å². The summed E-state index contributed by atoms with van der Waals surface area (Å²) in [5.41, 5.74) is 1.78. The normalized spacial score (nSPS) is 12.6. The molecule has 0 aliphatic heterocycles. The van der Waals surface area contributed by atoms with Gasteiger partial charge in [0.2, 0.25) is 0 Å². The molecule has 0 spiro atoms. The maximum Gasteiger partial charge on any atom is 0.252 e. The molecule has 1 amide bonds. The molecular formula is C18H18N2O3S2. The second-order valence-electron chi connectivity index (χ2n) is 5.64. The van der Waals surface area contributed by atoms with Crippen molar-refractivity contribution in [1.29, 1.82) is 0 Å². The highest BCUT2D eigenvalue weighted by atomic mass is 32.2. The number of aromatic nitrogens is 1. The lowest BCUT2D eigenvalue weighted by Gasteiger charge is -2.02. The summed E-state index contributed by atoms with van der Waals surface area (Å²) in [7, 11) is -1.34. The van der Waals surface area contributed by atoms with E-state index >= 15 is 0 Å². The van der Waals surface area contributed by atoms with Gasteiger partial charge >= 0.3 is 0 Å². The monoisotopic (exact) mass is 374 g/mol. The SMILES string of the molecule is CCS(=O)(=O)c1ccc(CC(=O)N=c2sc3ccccc3n2C)cc1. The number of sulfone groups is 1. The number of hydrogen-bond acceptors (Lipinski definition) is 4. The first-order valence-corrected chi connectivity index (χ1v) is 10.3. The van der Waals surface area contributed by atoms with Crippen LogP contribution in [-0.2, 0) is 28.1 Å². The lowest BCUT2D eigenvalue weighted by atomic mass is 10.1. The van der Waals surface area contributed by atoms with Crippen LogP contribution < -0.4 is 4.80 Å². The quantitative estimate of drug-likeness (QED) is 0.705. The fraction of sp³-hybridized carbons (Fsp3) is 0.222. The van der Waals surface area contributed by atoms with Crippen molar-refractivity contribution in [3.8, 4) is 0 Å². The molecule has 0 saturated carbocycles. The Morgan fingerprint density at radius 3 is 2.44 bits per heavy atom. The topological polar surface area (TPSA) is 68.5 Å². The molecule has 1 heterocycles. The minimum Gasteiger partial charge on any atom is -0.319 e. The van der Waals surface area contributed by atoms with Gasteiger partial charge in [-0.1, -0.05) is 42.5 Å². The van der Waals surface area contributed by atoms with Gasteiger partial charge in [-0.15, -0.1) is 0 Å². The molecule has 0 radical (unpaired) electrons. The predicted octanol–water partition coefficient (Wildman–Crippen LogP) is 2.70. The van der Waals surface area contributed by atoms with Gasteiger partial charge < -0.3 is 4.57 Å². The number of amides is 1. The number of para-hydroxylation sites is 1. The Kier molecular flexibility index (Phi) is 4.87. The molecule has 0 atom stereocenters. The summed E-state index contributed by atoms with van der Waals surface area (Å²) in [5.74, 6) is -0.198. The lowest BCUT2D eigenvalue weighted by Crippen LogP contribution is -2.14. The molecule has 3 rings (SSSR count). The largest absolute Gasteiger partial charge is 0.319 e. The van der Waals surface area contributed by atoms with Crippen molar-refractivity contribution < 1.29 is 13.2 Å². The van der Waals surface area contributed by atoms with E-state index in [1.807, 2.05) is 35.9 Å². The molecule has 0 aliphatic rings. The summed E-state index contributed by atoms with van der Waals surface area (Å²) in [5, 5.41) is 0. The van der Waals surface area contributed by atoms with Crippen LogP contribution in [0.15, 0.2) is 58.4 Å². The molecule has 0 bridgehead atoms. The van der Waals surface area contributed by atoms with Crippen LogP contribution in [0.4, 0.5) is 0 Å². The molecule has 0 unspecified atom stereocenters. The maximum atomic E-state index is 12.3. The van der Waals surface area contributed by atoms with E-state index in [2.05, 4.69) is 4.99 Å². The van der Waals surface area contributed by atoms with Crippen LogP contribution in [0, 0.1) is 0 Å². The molecule has 0 N–H and O–H groups in total. The molecule has 1 aromatic heterocycles. The third-order valence-electron chi connectivity index (χ3n) is 3.95. The number of aryl methyl sites for hydroxylation is 1. The highest BCUT2D eigenvalue weighted by Crippen LogP contribution is 2.16. The van der Waals surface area contributed by atoms with Gasteiger partial charge in [-0.3, -0.25) is 4.79 Å². The van der Waals surface area contributed by atoms with Gasteiger partial charge in [-0.05, 0) is 29.8 Å². The van der Waals surface area contributed by atoms with Crippen LogP contribution in [0.1, 0.15) is 12.5 Å². The molecular weight excluding hydrogens is 356 g/mol. The van der Waals surface area contributed by atoms with Gasteiger partial charge in [-0.25, -0.2) is 8.42 Å². The fourth-order valence-electron chi connectivity index (χ4n) is 2.49. The van der Waals surface area contributed by atoms with Crippen molar-refractivity contribution in [2.75, 3.05) is 5.75 Å². The third kappa shape index (κ3) is 3.72. The Balaban J connectivity index is 1.83. The molecule has 0 saturated heterocycles. The summed E-state index contributed by atoms with van der Waals surface area (Å²) >= 11 is 1.47. The average Bonchev–Trinajstić information content (AvgIpc) is 2.91. The van der Waals surface area contributed by atoms with Crippen LogP contribution in [0.5, 0.6) is 0 Å². The van der Waals surface area contributed by atoms with Crippen LogP contribution >= 0.6 is 11.3 Å². The van der Waals surface area contributed by atoms with Crippen molar-refractivity contribution in [3.63, 3.8) is 0 Å². The number of hydrogen-bond donors (Lipinski definition) is 0. The highest BCUT2D eigenvalue weighted by molar-refractivity contribution is 7.91. The van der Waals surface area contributed by atoms with Gasteiger partial charge in [0, 0.05) is 7.05 Å². The minimum absolute atomic E-state index is 0.0586. The standard InChI is InChI=1S/C18H18N2O3S2/c1-3-25(22,23)14-10-8-13(9-11-14)12-17(21)19-18-20(2)15-6-4-5-7-16(15)24-18/h4-11H,3,12H2,1-2H3. The van der Waals surface area contributed by atoms with Crippen molar-refractivity contribution in [1.82, 2.24) is 4.57 Å². The first-order valence-electron chi connectivity index (χ1n) is 7.84. The third-order valence-corrected chi connectivity index (χ3v) is 6.82. The lowest BCUT2D eigenvalue weighted by molar-refractivity contribution is -0.117. The Morgan fingerprint density at radius 1 is 1.12 bits per heavy atom. The van der Waals surface area contributed by atoms with E-state index in [1.165, 1.54) is 11.3 Å². The molecule has 5 nitrogen and oxygen atoms in total. The zero-order valence-electron chi connectivity index (χ0n) is 14.0. The molecule has 0 fully saturated rings. The number of benzene rings is 2. The van der Waals surface area contributed by atoms with Gasteiger partial charge in [0.15, 0.2) is 14.6 Å². The summed E-state index contributed by atoms with van der Waals surface area (Å²) in [4.78, 5) is 17.4. The first-order chi connectivity index (χ1) is 11.9. The number of carbonyl (C=O) groups excluding carboxylic acids is 1. The molecule has 0 aliphatic carbocycles. The Bertz CT molecular complexity index is 1090. The van der Waals surface area contributed by atoms with Gasteiger partial charge in [0.25, 0.3) is 5.91 Å². The molecule has 25 heavy (non-hydrogen) atoms. The summed E-state index contributed by atoms with van der Waals surface area (Å²) in [6, 6.07) is 14.3. The zero-order chi connectivity index (χ0) is 18.0. The van der Waals surface area contributed by atoms with E-state index < -0.39 is 9.84 Å². The minimum atomic E-state index is -3.22. The Hall–Kier alpha value is -2.25. The zero-order valence-corrected chi connectivity index (χ0v) is 15.6. The maximum absolute atomic E-state index is 12.3. The van der Waals surface area contributed by atoms with E-state index in [9.17, 15) is 13.2 Å². The van der Waals surface area contributed by atoms with Crippen molar-refractivity contribution in [2.24, 2.45) is 12.0 Å². The second-order valence-corrected chi connectivity index (χ2v) is 8.93. The molecule has 3 aromatic rings. The fourth-order valence-corrected chi connectivity index (χ4v) is 4.41. The van der Waals surface area contributed by atoms with Crippen LogP contribution in [0.2, 0.25) is 0 Å². The van der Waals surface area contributed by atoms with Gasteiger partial charge in [-0.2, -0.15) is 4.99 Å². The molecule has 2 aromatic carbocycles. The van der Waals surface area contributed by atoms with Crippen molar-refractivity contribution >= 4 is 37.3 Å². The average molecular weight is 374 g/mol. The molecule has 130 valence electrons. The molecule has 7 heteroatoms. The van der Waals surface area contributed by atoms with E-state index in [0.29, 0.717) is 4.80 Å². The smallest absolute Gasteiger partial charge is 0.252 e. The van der Waals surface area contributed by atoms with Crippen LogP contribution in [-0.4, -0.2) is 24.6 Å². The number of nitrogens with zero attached hydrogens (tertiary/aromatic N) is 2. The van der Waals surface area contributed by atoms with Gasteiger partial charge in [0.1, 0.15) is 0 Å². The number of rotatable bonds is 4. The first kappa shape index (κ1) is 17.6. The van der Waals surface area contributed by atoms with E-state index in [0.717, 1.165) is 15.8 Å². The predicted molar refractivity (Wildman–Crippen MR) is 99.2 cm³/mol. The van der Waals surface area contributed by atoms with E-state index in [1.54, 1.807) is 31.2 Å². The van der Waals surface area contributed by atoms with Gasteiger partial charge in [0.05, 0.1) is 27.3 Å². The number of carbonyl (C=O) groups is 1. The Morgan fingerprint density at radius 2 is 1.80 bits per heavy atom. The number of fused-ring (bicyclic) bond motifs is 1. The summed E-state index contributed by atoms with van der Waals surface area (Å²) in [6.45, 7) is 1.61. The van der Waals surface area contributed by atoms with Crippen molar-refractivity contribution in [3.05, 3.63) is 58.9 Å². The van der Waals surface area contributed by atoms with Crippen LogP contribution in [0.25, 0.3) is 10.2 Å². The summed E-state index contributed by atoms with van der Waals surface area (Å²) < 4.78 is 26.6. The summed E-state index contributed by atoms with van der Waals surface area (Å²) in [6.07, 6.45) is 0.140. The highest BCUT2D eigenvalue weighted by Gasteiger charge is 2.11. The number of thiazole rings is 1. The van der Waals surface area contributed by atoms with E-state index in [4.69, 9.17) is 0 Å². The Labute approximate surface area is 150 Å². The second kappa shape index (κ2) is 6.93. The van der Waals surface area contributed by atoms with E-state index in [-0.39, 0.29) is 23.0 Å². The van der Waals surface area contributed by atoms with Crippen LogP contribution in [0.3, 0.4) is 0 Å².